The zero-order valence-electron chi connectivity index (χ0n) is 30.7. The van der Waals surface area contributed by atoms with Gasteiger partial charge >= 0.3 is 5.97 Å². The van der Waals surface area contributed by atoms with Crippen molar-refractivity contribution in [3.63, 3.8) is 0 Å². The summed E-state index contributed by atoms with van der Waals surface area (Å²) in [6.45, 7) is 27.0. The average Bonchev–Trinajstić information content (AvgIpc) is 3.70. The van der Waals surface area contributed by atoms with Crippen LogP contribution in [0.15, 0.2) is 54.2 Å². The van der Waals surface area contributed by atoms with Crippen molar-refractivity contribution in [3.05, 3.63) is 82.1 Å². The van der Waals surface area contributed by atoms with Crippen LogP contribution in [0.2, 0.25) is 0 Å². The smallest absolute Gasteiger partial charge is 0.331 e. The maximum atomic E-state index is 14.5. The van der Waals surface area contributed by atoms with E-state index in [0.717, 1.165) is 47.9 Å². The second-order valence-corrected chi connectivity index (χ2v) is 17.1. The zero-order valence-corrected chi connectivity index (χ0v) is 30.7. The van der Waals surface area contributed by atoms with Crippen molar-refractivity contribution < 1.29 is 24.2 Å². The first-order chi connectivity index (χ1) is 22.8. The lowest BCUT2D eigenvalue weighted by molar-refractivity contribution is -0.140. The van der Waals surface area contributed by atoms with Gasteiger partial charge in [-0.25, -0.2) is 4.79 Å². The van der Waals surface area contributed by atoms with Crippen molar-refractivity contribution in [2.45, 2.75) is 117 Å². The molecule has 2 saturated carbocycles. The van der Waals surface area contributed by atoms with Crippen molar-refractivity contribution in [1.82, 2.24) is 4.57 Å². The molecule has 0 spiro atoms. The first-order valence-corrected chi connectivity index (χ1v) is 18.0. The monoisotopic (exact) mass is 661 g/mol. The van der Waals surface area contributed by atoms with Gasteiger partial charge in [0.2, 0.25) is 0 Å². The molecule has 1 aromatic carbocycles. The third kappa shape index (κ3) is 4.38. The van der Waals surface area contributed by atoms with Gasteiger partial charge in [-0.1, -0.05) is 51.7 Å². The molecule has 3 heterocycles. The molecule has 1 aromatic heterocycles. The van der Waals surface area contributed by atoms with Gasteiger partial charge in [-0.05, 0) is 131 Å². The predicted molar refractivity (Wildman–Crippen MR) is 196 cm³/mol. The van der Waals surface area contributed by atoms with Crippen LogP contribution in [0.1, 0.15) is 127 Å². The molecular formula is C43H51NO5. The van der Waals surface area contributed by atoms with E-state index >= 15 is 0 Å². The Morgan fingerprint density at radius 3 is 2.41 bits per heavy atom. The van der Waals surface area contributed by atoms with Crippen LogP contribution in [0.5, 0.6) is 0 Å². The van der Waals surface area contributed by atoms with Crippen LogP contribution >= 0.6 is 0 Å². The molecule has 1 N–H and O–H groups in total. The summed E-state index contributed by atoms with van der Waals surface area (Å²) in [7, 11) is 0. The molecule has 4 aliphatic carbocycles. The molecule has 49 heavy (non-hydrogen) atoms. The summed E-state index contributed by atoms with van der Waals surface area (Å²) in [5.74, 6) is 0.729. The second kappa shape index (κ2) is 10.6. The Morgan fingerprint density at radius 1 is 1.10 bits per heavy atom. The van der Waals surface area contributed by atoms with E-state index in [1.807, 2.05) is 6.92 Å². The Kier molecular flexibility index (Phi) is 7.31. The lowest BCUT2D eigenvalue weighted by Crippen LogP contribution is -2.58. The zero-order chi connectivity index (χ0) is 35.7. The third-order valence-electron chi connectivity index (χ3n) is 13.5. The van der Waals surface area contributed by atoms with Crippen molar-refractivity contribution in [1.29, 1.82) is 0 Å². The van der Waals surface area contributed by atoms with Crippen molar-refractivity contribution in [3.8, 4) is 0 Å². The molecular weight excluding hydrogens is 610 g/mol. The molecule has 8 rings (SSSR count). The van der Waals surface area contributed by atoms with Crippen molar-refractivity contribution >= 4 is 40.1 Å². The number of allylic oxidation sites excluding steroid dienone is 3. The second-order valence-electron chi connectivity index (χ2n) is 17.1. The van der Waals surface area contributed by atoms with Gasteiger partial charge in [-0.2, -0.15) is 0 Å². The first-order valence-electron chi connectivity index (χ1n) is 18.0. The van der Waals surface area contributed by atoms with Gasteiger partial charge in [-0.15, -0.1) is 0 Å². The number of Topliss-reactive ketones (excluding diaryl/α,β-unsaturated/α-hetero) is 2. The SMILES string of the molecule is C=C(C)C1C(=O)c2c3c(cc4c5c(n1c24)[C@@]1(C)C(CCC2[C@@H](C)C(=O)CC[C@@]21C)C5)C1=CC(C)(C)OC(C)(C)C1=C3.C=C/C=C(\C)C(=O)O. The highest BCUT2D eigenvalue weighted by Crippen LogP contribution is 2.69. The van der Waals surface area contributed by atoms with Crippen LogP contribution in [-0.2, 0) is 26.2 Å². The number of aliphatic carboxylic acids is 1. The topological polar surface area (TPSA) is 85.6 Å². The molecule has 6 aliphatic rings. The molecule has 2 fully saturated rings. The largest absolute Gasteiger partial charge is 0.478 e. The Balaban J connectivity index is 0.000000424. The van der Waals surface area contributed by atoms with Gasteiger partial charge in [0, 0.05) is 34.4 Å². The number of nitrogens with zero attached hydrogens (tertiary/aromatic N) is 1. The number of aromatic nitrogens is 1. The van der Waals surface area contributed by atoms with E-state index in [1.54, 1.807) is 0 Å². The lowest BCUT2D eigenvalue weighted by Gasteiger charge is -2.60. The number of fused-ring (bicyclic) bond motifs is 11. The van der Waals surface area contributed by atoms with Crippen LogP contribution in [0, 0.1) is 23.2 Å². The maximum absolute atomic E-state index is 14.5. The molecule has 0 bridgehead atoms. The summed E-state index contributed by atoms with van der Waals surface area (Å²) in [6.07, 6.45) is 12.3. The summed E-state index contributed by atoms with van der Waals surface area (Å²) in [4.78, 5) is 37.5. The number of benzene rings is 1. The number of hydrogen-bond donors (Lipinski definition) is 1. The molecule has 258 valence electrons. The number of carbonyl (C=O) groups excluding carboxylic acids is 2. The lowest BCUT2D eigenvalue weighted by atomic mass is 9.44. The quantitative estimate of drug-likeness (QED) is 0.201. The molecule has 3 unspecified atom stereocenters. The summed E-state index contributed by atoms with van der Waals surface area (Å²) in [5, 5.41) is 9.46. The van der Waals surface area contributed by atoms with E-state index in [-0.39, 0.29) is 28.6 Å². The van der Waals surface area contributed by atoms with Gasteiger partial charge < -0.3 is 14.4 Å². The molecule has 6 atom stereocenters. The number of hydrogen-bond acceptors (Lipinski definition) is 4. The normalized spacial score (nSPS) is 33.0. The van der Waals surface area contributed by atoms with Crippen LogP contribution in [-0.4, -0.2) is 38.4 Å². The van der Waals surface area contributed by atoms with E-state index in [0.29, 0.717) is 29.6 Å². The fourth-order valence-corrected chi connectivity index (χ4v) is 11.2. The Labute approximate surface area is 290 Å². The highest BCUT2D eigenvalue weighted by atomic mass is 16.5. The molecule has 6 heteroatoms. The average molecular weight is 662 g/mol. The molecule has 2 aliphatic heterocycles. The number of ether oxygens (including phenoxy) is 1. The van der Waals surface area contributed by atoms with E-state index in [9.17, 15) is 14.4 Å². The fourth-order valence-electron chi connectivity index (χ4n) is 11.2. The summed E-state index contributed by atoms with van der Waals surface area (Å²) >= 11 is 0. The van der Waals surface area contributed by atoms with Crippen LogP contribution < -0.4 is 0 Å². The predicted octanol–water partition coefficient (Wildman–Crippen LogP) is 9.37. The summed E-state index contributed by atoms with van der Waals surface area (Å²) in [5.41, 5.74) is 9.74. The minimum atomic E-state index is -0.898. The van der Waals surface area contributed by atoms with Gasteiger partial charge in [0.05, 0.1) is 22.3 Å². The molecule has 0 amide bonds. The number of rotatable bonds is 3. The van der Waals surface area contributed by atoms with Gasteiger partial charge in [0.25, 0.3) is 0 Å². The number of carboxylic acid groups (broad SMARTS) is 1. The van der Waals surface area contributed by atoms with Crippen LogP contribution in [0.25, 0.3) is 22.6 Å². The molecule has 0 radical (unpaired) electrons. The highest BCUT2D eigenvalue weighted by Gasteiger charge is 2.65. The van der Waals surface area contributed by atoms with Crippen molar-refractivity contribution in [2.24, 2.45) is 23.2 Å². The summed E-state index contributed by atoms with van der Waals surface area (Å²) < 4.78 is 8.96. The number of ketones is 2. The Morgan fingerprint density at radius 2 is 1.80 bits per heavy atom. The van der Waals surface area contributed by atoms with E-state index in [1.165, 1.54) is 52.4 Å². The first kappa shape index (κ1) is 33.7. The third-order valence-corrected chi connectivity index (χ3v) is 13.5. The van der Waals surface area contributed by atoms with E-state index < -0.39 is 17.2 Å². The summed E-state index contributed by atoms with van der Waals surface area (Å²) in [6, 6.07) is 2.04. The maximum Gasteiger partial charge on any atom is 0.331 e. The molecule has 6 nitrogen and oxygen atoms in total. The van der Waals surface area contributed by atoms with Crippen molar-refractivity contribution in [2.75, 3.05) is 0 Å². The Hall–Kier alpha value is -3.77. The van der Waals surface area contributed by atoms with E-state index in [2.05, 4.69) is 84.4 Å². The number of carbonyl (C=O) groups is 3. The van der Waals surface area contributed by atoms with Crippen LogP contribution in [0.4, 0.5) is 0 Å². The number of carboxylic acids is 1. The minimum Gasteiger partial charge on any atom is -0.478 e. The van der Waals surface area contributed by atoms with Crippen LogP contribution in [0.3, 0.4) is 0 Å². The van der Waals surface area contributed by atoms with Gasteiger partial charge in [-0.3, -0.25) is 9.59 Å². The van der Waals surface area contributed by atoms with E-state index in [4.69, 9.17) is 9.84 Å². The fraction of sp³-hybridized carbons (Fsp3) is 0.512. The minimum absolute atomic E-state index is 0.0148. The molecule has 2 aromatic rings. The standard InChI is InChI=1S/C37H43NO3.C6H8O2/c1-18(2)30-32(40)29-22-16-27-25(17-34(4,5)41-35(27,6)7)21(22)15-23-24-14-20-10-11-26-19(3)28(39)12-13-36(26,8)37(20,9)33(24)38(30)31(23)29;1-3-4-5(2)6(7)8/h15-17,19-20,26,30H,1,10-14H2,2-9H3;3-4H,1H2,2H3,(H,7,8)/b;5-4+/t19-,20?,26?,30?,36+,37-;/m1./s1. The highest BCUT2D eigenvalue weighted by molar-refractivity contribution is 6.21. The van der Waals surface area contributed by atoms with Gasteiger partial charge in [0.15, 0.2) is 5.78 Å². The molecule has 0 saturated heterocycles. The van der Waals surface area contributed by atoms with Gasteiger partial charge in [0.1, 0.15) is 11.8 Å². The Bertz CT molecular complexity index is 2010.